The molecular formula is C15H31Cl2N3O. The van der Waals surface area contributed by atoms with Crippen molar-refractivity contribution in [2.24, 2.45) is 17.8 Å². The molecule has 2 N–H and O–H groups in total. The van der Waals surface area contributed by atoms with Crippen LogP contribution in [-0.2, 0) is 4.79 Å². The van der Waals surface area contributed by atoms with Gasteiger partial charge in [0.2, 0.25) is 5.91 Å². The molecule has 2 aliphatic heterocycles. The number of carbonyl (C=O) groups excluding carboxylic acids is 1. The van der Waals surface area contributed by atoms with E-state index in [0.29, 0.717) is 11.8 Å². The second-order valence-electron chi connectivity index (χ2n) is 6.24. The highest BCUT2D eigenvalue weighted by Crippen LogP contribution is 2.18. The van der Waals surface area contributed by atoms with Crippen LogP contribution in [0.15, 0.2) is 0 Å². The molecule has 0 spiro atoms. The van der Waals surface area contributed by atoms with Crippen molar-refractivity contribution in [3.05, 3.63) is 0 Å². The molecule has 1 atom stereocenters. The first-order valence-corrected chi connectivity index (χ1v) is 7.91. The van der Waals surface area contributed by atoms with E-state index in [1.165, 1.54) is 38.9 Å². The lowest BCUT2D eigenvalue weighted by molar-refractivity contribution is -0.126. The van der Waals surface area contributed by atoms with E-state index in [9.17, 15) is 4.79 Å². The molecule has 1 unspecified atom stereocenters. The summed E-state index contributed by atoms with van der Waals surface area (Å²) in [6, 6.07) is 0. The smallest absolute Gasteiger partial charge is 0.223 e. The van der Waals surface area contributed by atoms with Crippen LogP contribution in [0.3, 0.4) is 0 Å². The van der Waals surface area contributed by atoms with E-state index in [4.69, 9.17) is 0 Å². The Balaban J connectivity index is 0.00000200. The summed E-state index contributed by atoms with van der Waals surface area (Å²) in [4.78, 5) is 14.6. The first-order chi connectivity index (χ1) is 9.20. The van der Waals surface area contributed by atoms with Crippen LogP contribution in [-0.4, -0.2) is 50.1 Å². The van der Waals surface area contributed by atoms with Crippen LogP contribution in [0.25, 0.3) is 0 Å². The van der Waals surface area contributed by atoms with Gasteiger partial charge in [-0.1, -0.05) is 13.8 Å². The topological polar surface area (TPSA) is 44.4 Å². The van der Waals surface area contributed by atoms with E-state index in [1.807, 2.05) is 0 Å². The number of hydrogen-bond acceptors (Lipinski definition) is 3. The van der Waals surface area contributed by atoms with Gasteiger partial charge < -0.3 is 15.5 Å². The fourth-order valence-electron chi connectivity index (χ4n) is 3.01. The van der Waals surface area contributed by atoms with E-state index in [0.717, 1.165) is 19.6 Å². The fourth-order valence-corrected chi connectivity index (χ4v) is 3.01. The fraction of sp³-hybridized carbons (Fsp3) is 0.933. The van der Waals surface area contributed by atoms with Gasteiger partial charge in [-0.25, -0.2) is 0 Å². The SMILES string of the molecule is CCCN1CCC(CNC(=O)C(C)C2CNC2)CC1.Cl.Cl. The Bertz CT molecular complexity index is 293. The number of nitrogens with zero attached hydrogens (tertiary/aromatic N) is 1. The summed E-state index contributed by atoms with van der Waals surface area (Å²) in [5.41, 5.74) is 0. The second-order valence-corrected chi connectivity index (χ2v) is 6.24. The summed E-state index contributed by atoms with van der Waals surface area (Å²) < 4.78 is 0. The number of rotatable bonds is 6. The zero-order valence-corrected chi connectivity index (χ0v) is 14.9. The average molecular weight is 340 g/mol. The van der Waals surface area contributed by atoms with Crippen LogP contribution >= 0.6 is 24.8 Å². The third-order valence-corrected chi connectivity index (χ3v) is 4.75. The Kier molecular flexibility index (Phi) is 10.6. The normalized spacial score (nSPS) is 21.6. The zero-order valence-electron chi connectivity index (χ0n) is 13.3. The molecule has 126 valence electrons. The highest BCUT2D eigenvalue weighted by Gasteiger charge is 2.29. The third-order valence-electron chi connectivity index (χ3n) is 4.75. The molecule has 1 amide bonds. The number of halogens is 2. The van der Waals surface area contributed by atoms with Crippen LogP contribution in [0.1, 0.15) is 33.1 Å². The lowest BCUT2D eigenvalue weighted by atomic mass is 9.88. The molecule has 0 bridgehead atoms. The molecule has 0 aliphatic carbocycles. The molecule has 0 aromatic heterocycles. The number of likely N-dealkylation sites (tertiary alicyclic amines) is 1. The molecule has 6 heteroatoms. The standard InChI is InChI=1S/C15H29N3O.2ClH/c1-3-6-18-7-4-13(5-8-18)9-17-15(19)12(2)14-10-16-11-14;;/h12-14,16H,3-11H2,1-2H3,(H,17,19);2*1H. The Morgan fingerprint density at radius 1 is 1.29 bits per heavy atom. The van der Waals surface area contributed by atoms with Gasteiger partial charge in [0, 0.05) is 12.5 Å². The van der Waals surface area contributed by atoms with E-state index in [-0.39, 0.29) is 36.6 Å². The Morgan fingerprint density at radius 2 is 1.90 bits per heavy atom. The van der Waals surface area contributed by atoms with E-state index < -0.39 is 0 Å². The first-order valence-electron chi connectivity index (χ1n) is 7.91. The Morgan fingerprint density at radius 3 is 2.38 bits per heavy atom. The highest BCUT2D eigenvalue weighted by atomic mass is 35.5. The lowest BCUT2D eigenvalue weighted by Crippen LogP contribution is -2.50. The molecule has 2 heterocycles. The Labute approximate surface area is 141 Å². The average Bonchev–Trinajstić information content (AvgIpc) is 2.36. The zero-order chi connectivity index (χ0) is 13.7. The number of carbonyl (C=O) groups is 1. The minimum atomic E-state index is 0. The summed E-state index contributed by atoms with van der Waals surface area (Å²) in [5.74, 6) is 1.65. The monoisotopic (exact) mass is 339 g/mol. The second kappa shape index (κ2) is 10.7. The predicted molar refractivity (Wildman–Crippen MR) is 92.5 cm³/mol. The van der Waals surface area contributed by atoms with Gasteiger partial charge in [-0.2, -0.15) is 0 Å². The van der Waals surface area contributed by atoms with Gasteiger partial charge >= 0.3 is 0 Å². The minimum absolute atomic E-state index is 0. The van der Waals surface area contributed by atoms with Crippen molar-refractivity contribution >= 4 is 30.7 Å². The highest BCUT2D eigenvalue weighted by molar-refractivity contribution is 5.85. The minimum Gasteiger partial charge on any atom is -0.356 e. The van der Waals surface area contributed by atoms with Gasteiger partial charge in [0.25, 0.3) is 0 Å². The first kappa shape index (κ1) is 21.0. The molecule has 21 heavy (non-hydrogen) atoms. The van der Waals surface area contributed by atoms with Gasteiger partial charge in [0.15, 0.2) is 0 Å². The maximum Gasteiger partial charge on any atom is 0.223 e. The number of hydrogen-bond donors (Lipinski definition) is 2. The quantitative estimate of drug-likeness (QED) is 0.777. The van der Waals surface area contributed by atoms with Crippen molar-refractivity contribution in [2.75, 3.05) is 39.3 Å². The molecule has 0 aromatic rings. The molecule has 2 rings (SSSR count). The van der Waals surface area contributed by atoms with Crippen LogP contribution in [0.4, 0.5) is 0 Å². The van der Waals surface area contributed by atoms with Gasteiger partial charge in [-0.3, -0.25) is 4.79 Å². The lowest BCUT2D eigenvalue weighted by Gasteiger charge is -2.33. The molecule has 2 fully saturated rings. The molecule has 2 aliphatic rings. The molecule has 0 radical (unpaired) electrons. The van der Waals surface area contributed by atoms with Crippen LogP contribution in [0, 0.1) is 17.8 Å². The number of nitrogens with one attached hydrogen (secondary N) is 2. The van der Waals surface area contributed by atoms with E-state index in [1.54, 1.807) is 0 Å². The van der Waals surface area contributed by atoms with E-state index >= 15 is 0 Å². The maximum absolute atomic E-state index is 12.0. The van der Waals surface area contributed by atoms with Crippen LogP contribution < -0.4 is 10.6 Å². The summed E-state index contributed by atoms with van der Waals surface area (Å²) in [6.45, 7) is 10.8. The molecule has 4 nitrogen and oxygen atoms in total. The summed E-state index contributed by atoms with van der Waals surface area (Å²) >= 11 is 0. The van der Waals surface area contributed by atoms with E-state index in [2.05, 4.69) is 29.4 Å². The van der Waals surface area contributed by atoms with Gasteiger partial charge in [-0.15, -0.1) is 24.8 Å². The van der Waals surface area contributed by atoms with Gasteiger partial charge in [0.05, 0.1) is 0 Å². The summed E-state index contributed by atoms with van der Waals surface area (Å²) in [5, 5.41) is 6.40. The maximum atomic E-state index is 12.0. The van der Waals surface area contributed by atoms with Crippen molar-refractivity contribution in [1.29, 1.82) is 0 Å². The predicted octanol–water partition coefficient (Wildman–Crippen LogP) is 1.92. The van der Waals surface area contributed by atoms with Crippen molar-refractivity contribution in [3.8, 4) is 0 Å². The van der Waals surface area contributed by atoms with Crippen molar-refractivity contribution in [2.45, 2.75) is 33.1 Å². The number of piperidine rings is 1. The summed E-state index contributed by atoms with van der Waals surface area (Å²) in [6.07, 6.45) is 3.72. The van der Waals surface area contributed by atoms with Gasteiger partial charge in [-0.05, 0) is 63.8 Å². The molecule has 0 saturated carbocycles. The van der Waals surface area contributed by atoms with Crippen molar-refractivity contribution in [1.82, 2.24) is 15.5 Å². The molecule has 0 aromatic carbocycles. The molecular weight excluding hydrogens is 309 g/mol. The van der Waals surface area contributed by atoms with Gasteiger partial charge in [0.1, 0.15) is 0 Å². The van der Waals surface area contributed by atoms with Crippen LogP contribution in [0.5, 0.6) is 0 Å². The van der Waals surface area contributed by atoms with Crippen molar-refractivity contribution < 1.29 is 4.79 Å². The number of amides is 1. The summed E-state index contributed by atoms with van der Waals surface area (Å²) in [7, 11) is 0. The van der Waals surface area contributed by atoms with Crippen LogP contribution in [0.2, 0.25) is 0 Å². The molecule has 2 saturated heterocycles. The third kappa shape index (κ3) is 6.31. The van der Waals surface area contributed by atoms with Crippen molar-refractivity contribution in [3.63, 3.8) is 0 Å². The largest absolute Gasteiger partial charge is 0.356 e. The Hall–Kier alpha value is -0.0300.